The average molecular weight is 680 g/mol. The van der Waals surface area contributed by atoms with Crippen molar-refractivity contribution < 1.29 is 41.4 Å². The summed E-state index contributed by atoms with van der Waals surface area (Å²) in [6, 6.07) is 6.88. The topological polar surface area (TPSA) is 76.7 Å². The number of nitrogens with one attached hydrogen (secondary N) is 2. The van der Waals surface area contributed by atoms with Crippen molar-refractivity contribution in [1.82, 2.24) is 5.32 Å². The van der Waals surface area contributed by atoms with Crippen LogP contribution in [0.4, 0.5) is 5.69 Å². The molecule has 0 aliphatic carbocycles. The zero-order valence-corrected chi connectivity index (χ0v) is 24.7. The first-order valence-corrected chi connectivity index (χ1v) is 13.7. The summed E-state index contributed by atoms with van der Waals surface area (Å²) < 4.78 is 11.3. The number of rotatable bonds is 7. The number of ether oxygens (including phenoxy) is 2. The third-order valence-corrected chi connectivity index (χ3v) is 8.50. The first kappa shape index (κ1) is 32.2. The standard InChI is InChI=1S/C18H24N2O4S.C6H15P.Au/c1-17(2)11-23-18(3,4)24-15(17)16(22)19-10-9-14(21)20-12-5-7-13(25)8-6-12;1-4-7(5-2)6-3;/h5-10,15,25H,11H2,1-4H3,(H,19,22)(H,20,21);4-6H2,1-3H3;/q;;+1/b10-9+;;/t15-;;/m0../s1. The molecule has 2 rings (SSSR count). The Morgan fingerprint density at radius 3 is 2.12 bits per heavy atom. The number of benzene rings is 1. The fraction of sp³-hybridized carbons (Fsp3) is 0.583. The van der Waals surface area contributed by atoms with Gasteiger partial charge in [0.25, 0.3) is 5.91 Å². The van der Waals surface area contributed by atoms with Crippen LogP contribution >= 0.6 is 7.92 Å². The van der Waals surface area contributed by atoms with Gasteiger partial charge in [-0.25, -0.2) is 0 Å². The molecular formula is C24H39AuN2O4PS+. The van der Waals surface area contributed by atoms with E-state index in [1.54, 1.807) is 38.1 Å². The van der Waals surface area contributed by atoms with Gasteiger partial charge in [-0.1, -0.05) is 26.0 Å². The molecule has 1 atom stereocenters. The Morgan fingerprint density at radius 2 is 1.64 bits per heavy atom. The Balaban J connectivity index is 0.00000111. The van der Waals surface area contributed by atoms with Crippen molar-refractivity contribution in [1.29, 1.82) is 0 Å². The van der Waals surface area contributed by atoms with E-state index in [1.807, 2.05) is 13.8 Å². The monoisotopic (exact) mass is 679 g/mol. The second-order valence-electron chi connectivity index (χ2n) is 8.84. The van der Waals surface area contributed by atoms with E-state index < -0.39 is 17.3 Å². The van der Waals surface area contributed by atoms with Crippen LogP contribution in [-0.4, -0.2) is 48.8 Å². The Morgan fingerprint density at radius 1 is 1.09 bits per heavy atom. The predicted octanol–water partition coefficient (Wildman–Crippen LogP) is 4.60. The summed E-state index contributed by atoms with van der Waals surface area (Å²) in [5.41, 5.74) is 0.159. The number of hydrogen-bond acceptors (Lipinski definition) is 5. The Hall–Kier alpha value is -0.790. The average Bonchev–Trinajstić information content (AvgIpc) is 2.73. The molecule has 0 saturated carbocycles. The van der Waals surface area contributed by atoms with Crippen LogP contribution in [0.15, 0.2) is 41.4 Å². The molecule has 1 aromatic rings. The van der Waals surface area contributed by atoms with E-state index in [-0.39, 0.29) is 42.1 Å². The van der Waals surface area contributed by atoms with Crippen molar-refractivity contribution in [3.8, 4) is 0 Å². The minimum Gasteiger partial charge on any atom is -0.780 e. The van der Waals surface area contributed by atoms with Gasteiger partial charge in [0, 0.05) is 23.4 Å². The van der Waals surface area contributed by atoms with Gasteiger partial charge in [0.2, 0.25) is 5.91 Å². The predicted molar refractivity (Wildman–Crippen MR) is 137 cm³/mol. The van der Waals surface area contributed by atoms with Crippen molar-refractivity contribution in [2.45, 2.75) is 65.3 Å². The summed E-state index contributed by atoms with van der Waals surface area (Å²) in [6.45, 7) is 14.6. The molecule has 0 aromatic heterocycles. The summed E-state index contributed by atoms with van der Waals surface area (Å²) in [7, 11) is 0.137. The van der Waals surface area contributed by atoms with Gasteiger partial charge < -0.3 is 32.7 Å². The summed E-state index contributed by atoms with van der Waals surface area (Å²) >= 11 is 4.99. The minimum atomic E-state index is -0.824. The van der Waals surface area contributed by atoms with Crippen LogP contribution in [0.25, 0.3) is 0 Å². The first-order chi connectivity index (χ1) is 14.9. The van der Waals surface area contributed by atoms with Gasteiger partial charge in [-0.05, 0) is 54.7 Å². The molecule has 0 spiro atoms. The summed E-state index contributed by atoms with van der Waals surface area (Å²) in [6.07, 6.45) is 6.24. The Bertz CT molecular complexity index is 763. The SMILES string of the molecule is CC1(C)OCC(C)(C)[C@H](C(=O)N/C=C/C(=O)Nc2ccc([S-])cc2)O1.CC[PH+](CC)CC.[Au+]. The van der Waals surface area contributed by atoms with Gasteiger partial charge in [-0.2, -0.15) is 4.90 Å². The molecule has 1 heterocycles. The van der Waals surface area contributed by atoms with E-state index in [2.05, 4.69) is 31.4 Å². The van der Waals surface area contributed by atoms with Gasteiger partial charge in [0.05, 0.1) is 25.1 Å². The molecule has 2 amide bonds. The summed E-state index contributed by atoms with van der Waals surface area (Å²) in [5, 5.41) is 5.27. The zero-order valence-electron chi connectivity index (χ0n) is 20.7. The van der Waals surface area contributed by atoms with Gasteiger partial charge in [-0.15, -0.1) is 0 Å². The molecule has 33 heavy (non-hydrogen) atoms. The molecule has 0 unspecified atom stereocenters. The van der Waals surface area contributed by atoms with E-state index in [1.165, 1.54) is 30.8 Å². The molecule has 1 aromatic carbocycles. The van der Waals surface area contributed by atoms with Crippen LogP contribution in [0.3, 0.4) is 0 Å². The van der Waals surface area contributed by atoms with E-state index >= 15 is 0 Å². The number of hydrogen-bond donors (Lipinski definition) is 2. The molecule has 9 heteroatoms. The maximum atomic E-state index is 12.4. The molecular weight excluding hydrogens is 640 g/mol. The van der Waals surface area contributed by atoms with Crippen LogP contribution < -0.4 is 10.6 Å². The van der Waals surface area contributed by atoms with Crippen molar-refractivity contribution >= 4 is 38.1 Å². The molecule has 2 N–H and O–H groups in total. The normalized spacial score (nSPS) is 18.6. The first-order valence-electron chi connectivity index (χ1n) is 11.1. The van der Waals surface area contributed by atoms with Crippen molar-refractivity contribution in [3.05, 3.63) is 36.5 Å². The van der Waals surface area contributed by atoms with E-state index in [4.69, 9.17) is 22.1 Å². The Labute approximate surface area is 221 Å². The molecule has 0 bridgehead atoms. The van der Waals surface area contributed by atoms with Crippen molar-refractivity contribution in [2.24, 2.45) is 5.41 Å². The molecule has 1 aliphatic rings. The van der Waals surface area contributed by atoms with Crippen LogP contribution in [0.2, 0.25) is 0 Å². The van der Waals surface area contributed by atoms with Crippen LogP contribution in [-0.2, 0) is 54.1 Å². The van der Waals surface area contributed by atoms with Gasteiger partial charge in [0.1, 0.15) is 6.10 Å². The maximum Gasteiger partial charge on any atom is 1.00 e. The molecule has 1 aliphatic heterocycles. The number of anilines is 1. The van der Waals surface area contributed by atoms with E-state index in [0.717, 1.165) is 0 Å². The third kappa shape index (κ3) is 11.9. The molecule has 1 fully saturated rings. The number of amides is 2. The van der Waals surface area contributed by atoms with Gasteiger partial charge >= 0.3 is 22.4 Å². The second-order valence-corrected chi connectivity index (χ2v) is 12.9. The molecule has 1 saturated heterocycles. The molecule has 6 nitrogen and oxygen atoms in total. The quantitative estimate of drug-likeness (QED) is 0.191. The Kier molecular flexibility index (Phi) is 14.9. The van der Waals surface area contributed by atoms with E-state index in [9.17, 15) is 9.59 Å². The van der Waals surface area contributed by atoms with Gasteiger partial charge in [0.15, 0.2) is 5.79 Å². The van der Waals surface area contributed by atoms with Crippen LogP contribution in [0.5, 0.6) is 0 Å². The fourth-order valence-corrected chi connectivity index (χ4v) is 4.70. The van der Waals surface area contributed by atoms with Gasteiger partial charge in [-0.3, -0.25) is 9.59 Å². The second kappa shape index (κ2) is 15.3. The fourth-order valence-electron chi connectivity index (χ4n) is 3.07. The van der Waals surface area contributed by atoms with Crippen LogP contribution in [0, 0.1) is 5.41 Å². The molecule has 190 valence electrons. The van der Waals surface area contributed by atoms with E-state index in [0.29, 0.717) is 17.2 Å². The maximum absolute atomic E-state index is 12.4. The number of carbonyl (C=O) groups excluding carboxylic acids is 2. The zero-order chi connectivity index (χ0) is 24.4. The summed E-state index contributed by atoms with van der Waals surface area (Å²) in [5.74, 6) is -1.50. The minimum absolute atomic E-state index is 0. The van der Waals surface area contributed by atoms with Crippen molar-refractivity contribution in [3.63, 3.8) is 0 Å². The largest absolute Gasteiger partial charge is 1.00 e. The smallest absolute Gasteiger partial charge is 0.780 e. The third-order valence-electron chi connectivity index (χ3n) is 5.22. The number of carbonyl (C=O) groups is 2. The summed E-state index contributed by atoms with van der Waals surface area (Å²) in [4.78, 5) is 24.9. The van der Waals surface area contributed by atoms with Crippen molar-refractivity contribution in [2.75, 3.05) is 30.4 Å². The molecule has 0 radical (unpaired) electrons. The van der Waals surface area contributed by atoms with Crippen LogP contribution in [0.1, 0.15) is 48.5 Å².